The third-order valence-corrected chi connectivity index (χ3v) is 9.12. The van der Waals surface area contributed by atoms with Crippen LogP contribution < -0.4 is 9.47 Å². The van der Waals surface area contributed by atoms with Crippen molar-refractivity contribution in [3.05, 3.63) is 109 Å². The van der Waals surface area contributed by atoms with E-state index in [1.165, 1.54) is 7.05 Å². The van der Waals surface area contributed by atoms with Gasteiger partial charge in [-0.3, -0.25) is 19.3 Å². The molecular weight excluding hydrogens is 706 g/mol. The van der Waals surface area contributed by atoms with Crippen LogP contribution in [0.15, 0.2) is 98.1 Å². The lowest BCUT2D eigenvalue weighted by molar-refractivity contribution is -0.140. The van der Waals surface area contributed by atoms with Crippen LogP contribution in [0.2, 0.25) is 0 Å². The maximum atomic E-state index is 13.3. The molecule has 0 N–H and O–H groups in total. The predicted molar refractivity (Wildman–Crippen MR) is 204 cm³/mol. The maximum Gasteiger partial charge on any atom is 0.338 e. The molecule has 2 amide bonds. The molecule has 5 rings (SSSR count). The molecule has 0 aromatic heterocycles. The van der Waals surface area contributed by atoms with Gasteiger partial charge in [-0.15, -0.1) is 0 Å². The summed E-state index contributed by atoms with van der Waals surface area (Å²) in [5.41, 5.74) is 0.654. The lowest BCUT2D eigenvalue weighted by atomic mass is 9.94. The van der Waals surface area contributed by atoms with Crippen molar-refractivity contribution in [3.8, 4) is 11.5 Å². The molecule has 0 unspecified atom stereocenters. The van der Waals surface area contributed by atoms with E-state index in [1.54, 1.807) is 42.5 Å². The average molecular weight is 750 g/mol. The minimum Gasteiger partial charge on any atom is -0.494 e. The SMILES string of the molecule is C=CC(=O)OCCCCOc1ccc2cc(C(=O)CC[C@H]3C(=O)N(C)C(=O)[C@@H]3OC(=O)c3ccc4cc(OCCCCOC(=O)C=C)ccc4c3)ccc2c1. The Morgan fingerprint density at radius 3 is 1.65 bits per heavy atom. The molecular formula is C43H43NO11. The third kappa shape index (κ3) is 10.7. The summed E-state index contributed by atoms with van der Waals surface area (Å²) >= 11 is 0. The summed E-state index contributed by atoms with van der Waals surface area (Å²) in [5.74, 6) is -2.74. The van der Waals surface area contributed by atoms with Gasteiger partial charge in [0.25, 0.3) is 5.91 Å². The second kappa shape index (κ2) is 19.2. The number of imide groups is 1. The Bertz CT molecular complexity index is 2110. The number of Topliss-reactive ketones (excluding diaryl/α,β-unsaturated/α-hetero) is 1. The number of carbonyl (C=O) groups is 6. The van der Waals surface area contributed by atoms with E-state index in [9.17, 15) is 28.8 Å². The number of amides is 2. The van der Waals surface area contributed by atoms with E-state index in [2.05, 4.69) is 13.2 Å². The largest absolute Gasteiger partial charge is 0.494 e. The molecule has 12 nitrogen and oxygen atoms in total. The van der Waals surface area contributed by atoms with Crippen LogP contribution in [0.25, 0.3) is 21.5 Å². The van der Waals surface area contributed by atoms with E-state index in [4.69, 9.17) is 23.7 Å². The Hall–Kier alpha value is -6.30. The van der Waals surface area contributed by atoms with Gasteiger partial charge in [0.2, 0.25) is 5.91 Å². The number of carbonyl (C=O) groups excluding carboxylic acids is 6. The van der Waals surface area contributed by atoms with Crippen LogP contribution >= 0.6 is 0 Å². The van der Waals surface area contributed by atoms with Crippen LogP contribution in [0.3, 0.4) is 0 Å². The van der Waals surface area contributed by atoms with Gasteiger partial charge in [0.1, 0.15) is 11.5 Å². The molecule has 55 heavy (non-hydrogen) atoms. The molecule has 286 valence electrons. The first-order valence-electron chi connectivity index (χ1n) is 18.0. The summed E-state index contributed by atoms with van der Waals surface area (Å²) in [7, 11) is 1.34. The molecule has 4 aromatic rings. The third-order valence-electron chi connectivity index (χ3n) is 9.12. The van der Waals surface area contributed by atoms with E-state index >= 15 is 0 Å². The number of rotatable bonds is 20. The van der Waals surface area contributed by atoms with Gasteiger partial charge in [0.15, 0.2) is 11.9 Å². The fourth-order valence-corrected chi connectivity index (χ4v) is 6.05. The van der Waals surface area contributed by atoms with Crippen molar-refractivity contribution >= 4 is 57.1 Å². The number of esters is 3. The zero-order valence-corrected chi connectivity index (χ0v) is 30.7. The minimum absolute atomic E-state index is 0.0176. The normalized spacial score (nSPS) is 15.1. The second-order valence-corrected chi connectivity index (χ2v) is 12.9. The highest BCUT2D eigenvalue weighted by Crippen LogP contribution is 2.30. The van der Waals surface area contributed by atoms with Gasteiger partial charge >= 0.3 is 17.9 Å². The molecule has 0 bridgehead atoms. The highest BCUT2D eigenvalue weighted by Gasteiger charge is 2.48. The number of likely N-dealkylation sites (N-methyl/N-ethyl adjacent to an activating group) is 1. The second-order valence-electron chi connectivity index (χ2n) is 12.9. The van der Waals surface area contributed by atoms with E-state index in [-0.39, 0.29) is 30.8 Å². The molecule has 1 heterocycles. The highest BCUT2D eigenvalue weighted by molar-refractivity contribution is 6.08. The molecule has 1 aliphatic heterocycles. The van der Waals surface area contributed by atoms with Crippen LogP contribution in [-0.4, -0.2) is 80.0 Å². The fourth-order valence-electron chi connectivity index (χ4n) is 6.05. The molecule has 0 radical (unpaired) electrons. The summed E-state index contributed by atoms with van der Waals surface area (Å²) in [6.07, 6.45) is 3.55. The standard InChI is InChI=1S/C43H43NO11/c1-4-38(46)53-22-8-6-20-51-34-16-14-28-24-32(12-10-30(28)26-34)37(45)19-18-36-40(42(49)44(3)41(36)48)55-43(50)33-13-11-31-27-35(17-15-29(31)25-33)52-21-7-9-23-54-39(47)5-2/h4-5,10-17,24-27,36,40H,1-2,6-9,18-23H2,3H3/t36-,40-/m1/s1. The van der Waals surface area contributed by atoms with Gasteiger partial charge in [-0.05, 0) is 96.1 Å². The van der Waals surface area contributed by atoms with Gasteiger partial charge in [-0.2, -0.15) is 0 Å². The van der Waals surface area contributed by atoms with Crippen LogP contribution in [-0.2, 0) is 33.4 Å². The molecule has 0 spiro atoms. The summed E-state index contributed by atoms with van der Waals surface area (Å²) in [6, 6.07) is 21.2. The van der Waals surface area contributed by atoms with Crippen molar-refractivity contribution in [1.82, 2.24) is 4.90 Å². The summed E-state index contributed by atoms with van der Waals surface area (Å²) < 4.78 is 27.2. The maximum absolute atomic E-state index is 13.3. The number of benzene rings is 4. The number of ether oxygens (including phenoxy) is 5. The van der Waals surface area contributed by atoms with Gasteiger partial charge in [-0.1, -0.05) is 43.5 Å². The summed E-state index contributed by atoms with van der Waals surface area (Å²) in [4.78, 5) is 75.9. The molecule has 4 aromatic carbocycles. The molecule has 2 atom stereocenters. The Labute approximate surface area is 318 Å². The smallest absolute Gasteiger partial charge is 0.338 e. The fraction of sp³-hybridized carbons (Fsp3) is 0.302. The average Bonchev–Trinajstić information content (AvgIpc) is 3.40. The Morgan fingerprint density at radius 1 is 0.636 bits per heavy atom. The summed E-state index contributed by atoms with van der Waals surface area (Å²) in [6.45, 7) is 8.18. The summed E-state index contributed by atoms with van der Waals surface area (Å²) in [5, 5.41) is 3.26. The zero-order chi connectivity index (χ0) is 39.3. The zero-order valence-electron chi connectivity index (χ0n) is 30.7. The van der Waals surface area contributed by atoms with Crippen molar-refractivity contribution < 1.29 is 52.5 Å². The number of likely N-dealkylation sites (tertiary alicyclic amines) is 1. The molecule has 1 saturated heterocycles. The minimum atomic E-state index is -1.36. The Balaban J connectivity index is 1.13. The van der Waals surface area contributed by atoms with Crippen LogP contribution in [0.4, 0.5) is 0 Å². The van der Waals surface area contributed by atoms with Crippen molar-refractivity contribution in [2.45, 2.75) is 44.6 Å². The van der Waals surface area contributed by atoms with E-state index in [1.807, 2.05) is 30.3 Å². The van der Waals surface area contributed by atoms with Crippen molar-refractivity contribution in [2.75, 3.05) is 33.5 Å². The van der Waals surface area contributed by atoms with Gasteiger partial charge < -0.3 is 23.7 Å². The van der Waals surface area contributed by atoms with Crippen LogP contribution in [0.1, 0.15) is 59.2 Å². The topological polar surface area (TPSA) is 152 Å². The number of unbranched alkanes of at least 4 members (excludes halogenated alkanes) is 2. The molecule has 12 heteroatoms. The number of nitrogens with zero attached hydrogens (tertiary/aromatic N) is 1. The lowest BCUT2D eigenvalue weighted by Crippen LogP contribution is -2.32. The molecule has 1 aliphatic rings. The van der Waals surface area contributed by atoms with E-state index in [0.717, 1.165) is 38.6 Å². The first-order chi connectivity index (χ1) is 26.6. The quantitative estimate of drug-likeness (QED) is 0.0241. The highest BCUT2D eigenvalue weighted by atomic mass is 16.6. The van der Waals surface area contributed by atoms with E-state index < -0.39 is 41.7 Å². The Kier molecular flexibility index (Phi) is 13.9. The first-order valence-corrected chi connectivity index (χ1v) is 18.0. The first kappa shape index (κ1) is 39.9. The number of hydrogen-bond acceptors (Lipinski definition) is 11. The van der Waals surface area contributed by atoms with Crippen molar-refractivity contribution in [3.63, 3.8) is 0 Å². The molecule has 0 aliphatic carbocycles. The number of ketones is 1. The number of fused-ring (bicyclic) bond motifs is 2. The lowest BCUT2D eigenvalue weighted by Gasteiger charge is -2.16. The van der Waals surface area contributed by atoms with Gasteiger partial charge in [0, 0.05) is 31.2 Å². The van der Waals surface area contributed by atoms with Gasteiger partial charge in [0.05, 0.1) is 37.9 Å². The van der Waals surface area contributed by atoms with Crippen molar-refractivity contribution in [1.29, 1.82) is 0 Å². The number of hydrogen-bond donors (Lipinski definition) is 0. The van der Waals surface area contributed by atoms with Crippen LogP contribution in [0, 0.1) is 5.92 Å². The van der Waals surface area contributed by atoms with Crippen LogP contribution in [0.5, 0.6) is 11.5 Å². The molecule has 1 fully saturated rings. The monoisotopic (exact) mass is 749 g/mol. The Morgan fingerprint density at radius 2 is 1.11 bits per heavy atom. The molecule has 0 saturated carbocycles. The predicted octanol–water partition coefficient (Wildman–Crippen LogP) is 6.57. The van der Waals surface area contributed by atoms with E-state index in [0.29, 0.717) is 62.6 Å². The van der Waals surface area contributed by atoms with Crippen molar-refractivity contribution in [2.24, 2.45) is 5.92 Å². The van der Waals surface area contributed by atoms with Gasteiger partial charge in [-0.25, -0.2) is 14.4 Å².